The van der Waals surface area contributed by atoms with Gasteiger partial charge in [-0.25, -0.2) is 0 Å². The van der Waals surface area contributed by atoms with Crippen LogP contribution in [0.15, 0.2) is 18.2 Å². The summed E-state index contributed by atoms with van der Waals surface area (Å²) in [5.74, 6) is 0. The number of rotatable bonds is 1. The van der Waals surface area contributed by atoms with Crippen LogP contribution >= 0.6 is 12.4 Å². The molecule has 2 rings (SSSR count). The zero-order chi connectivity index (χ0) is 9.97. The fraction of sp³-hybridized carbons (Fsp3) is 0.500. The van der Waals surface area contributed by atoms with Crippen molar-refractivity contribution in [1.82, 2.24) is 10.6 Å². The van der Waals surface area contributed by atoms with Crippen molar-refractivity contribution in [2.45, 2.75) is 19.9 Å². The van der Waals surface area contributed by atoms with Crippen molar-refractivity contribution in [1.29, 1.82) is 0 Å². The Morgan fingerprint density at radius 3 is 2.67 bits per heavy atom. The number of hydrogen-bond acceptors (Lipinski definition) is 2. The van der Waals surface area contributed by atoms with Crippen LogP contribution in [0.3, 0.4) is 0 Å². The Labute approximate surface area is 97.9 Å². The summed E-state index contributed by atoms with van der Waals surface area (Å²) >= 11 is 0. The van der Waals surface area contributed by atoms with Crippen molar-refractivity contribution in [3.63, 3.8) is 0 Å². The quantitative estimate of drug-likeness (QED) is 0.765. The highest BCUT2D eigenvalue weighted by atomic mass is 35.5. The fourth-order valence-corrected chi connectivity index (χ4v) is 2.02. The van der Waals surface area contributed by atoms with Gasteiger partial charge in [0, 0.05) is 25.7 Å². The van der Waals surface area contributed by atoms with Crippen LogP contribution in [0.2, 0.25) is 0 Å². The SMILES string of the molecule is Cc1cccc([C@@H]2CNCCN2)c1C.Cl. The lowest BCUT2D eigenvalue weighted by Crippen LogP contribution is -2.42. The largest absolute Gasteiger partial charge is 0.314 e. The Morgan fingerprint density at radius 1 is 1.20 bits per heavy atom. The van der Waals surface area contributed by atoms with E-state index in [1.165, 1.54) is 16.7 Å². The summed E-state index contributed by atoms with van der Waals surface area (Å²) in [6, 6.07) is 7.04. The fourth-order valence-electron chi connectivity index (χ4n) is 2.02. The molecule has 84 valence electrons. The second-order valence-electron chi connectivity index (χ2n) is 4.00. The van der Waals surface area contributed by atoms with Gasteiger partial charge in [-0.15, -0.1) is 12.4 Å². The van der Waals surface area contributed by atoms with Crippen molar-refractivity contribution >= 4 is 12.4 Å². The van der Waals surface area contributed by atoms with Crippen LogP contribution in [0, 0.1) is 13.8 Å². The Kier molecular flexibility index (Phi) is 4.58. The van der Waals surface area contributed by atoms with Crippen molar-refractivity contribution in [2.24, 2.45) is 0 Å². The van der Waals surface area contributed by atoms with Crippen LogP contribution in [0.1, 0.15) is 22.7 Å². The maximum atomic E-state index is 3.54. The molecule has 0 unspecified atom stereocenters. The lowest BCUT2D eigenvalue weighted by atomic mass is 9.96. The van der Waals surface area contributed by atoms with E-state index >= 15 is 0 Å². The first kappa shape index (κ1) is 12.5. The van der Waals surface area contributed by atoms with Crippen LogP contribution in [-0.2, 0) is 0 Å². The Morgan fingerprint density at radius 2 is 2.00 bits per heavy atom. The zero-order valence-electron chi connectivity index (χ0n) is 9.34. The van der Waals surface area contributed by atoms with Gasteiger partial charge < -0.3 is 10.6 Å². The minimum atomic E-state index is 0. The van der Waals surface area contributed by atoms with Gasteiger partial charge in [0.05, 0.1) is 0 Å². The maximum absolute atomic E-state index is 3.54. The topological polar surface area (TPSA) is 24.1 Å². The Balaban J connectivity index is 0.00000112. The van der Waals surface area contributed by atoms with Crippen LogP contribution in [0.25, 0.3) is 0 Å². The molecule has 0 bridgehead atoms. The number of halogens is 1. The molecule has 0 radical (unpaired) electrons. The van der Waals surface area contributed by atoms with E-state index in [1.54, 1.807) is 0 Å². The van der Waals surface area contributed by atoms with Gasteiger partial charge in [0.1, 0.15) is 0 Å². The predicted molar refractivity (Wildman–Crippen MR) is 66.8 cm³/mol. The number of piperazine rings is 1. The zero-order valence-corrected chi connectivity index (χ0v) is 10.2. The first-order chi connectivity index (χ1) is 6.79. The first-order valence-electron chi connectivity index (χ1n) is 5.29. The van der Waals surface area contributed by atoms with E-state index in [1.807, 2.05) is 0 Å². The van der Waals surface area contributed by atoms with Crippen molar-refractivity contribution < 1.29 is 0 Å². The van der Waals surface area contributed by atoms with E-state index in [0.29, 0.717) is 6.04 Å². The van der Waals surface area contributed by atoms with Crippen molar-refractivity contribution in [2.75, 3.05) is 19.6 Å². The third-order valence-corrected chi connectivity index (χ3v) is 3.06. The second-order valence-corrected chi connectivity index (χ2v) is 4.00. The molecule has 1 aromatic rings. The van der Waals surface area contributed by atoms with E-state index in [0.717, 1.165) is 19.6 Å². The molecule has 1 heterocycles. The molecule has 1 aromatic carbocycles. The monoisotopic (exact) mass is 226 g/mol. The van der Waals surface area contributed by atoms with Gasteiger partial charge in [0.2, 0.25) is 0 Å². The maximum Gasteiger partial charge on any atom is 0.0449 e. The number of hydrogen-bond donors (Lipinski definition) is 2. The molecule has 0 spiro atoms. The van der Waals surface area contributed by atoms with E-state index < -0.39 is 0 Å². The molecule has 0 amide bonds. The third kappa shape index (κ3) is 2.71. The summed E-state index contributed by atoms with van der Waals surface area (Å²) in [6.45, 7) is 7.58. The lowest BCUT2D eigenvalue weighted by molar-refractivity contribution is 0.429. The van der Waals surface area contributed by atoms with E-state index in [9.17, 15) is 0 Å². The summed E-state index contributed by atoms with van der Waals surface area (Å²) in [7, 11) is 0. The lowest BCUT2D eigenvalue weighted by Gasteiger charge is -2.26. The molecule has 0 saturated carbocycles. The Hall–Kier alpha value is -0.570. The van der Waals surface area contributed by atoms with Gasteiger partial charge in [0.15, 0.2) is 0 Å². The van der Waals surface area contributed by atoms with Crippen molar-refractivity contribution in [3.8, 4) is 0 Å². The highest BCUT2D eigenvalue weighted by Gasteiger charge is 2.16. The van der Waals surface area contributed by atoms with Crippen LogP contribution in [-0.4, -0.2) is 19.6 Å². The molecule has 2 nitrogen and oxygen atoms in total. The normalized spacial score (nSPS) is 20.8. The minimum Gasteiger partial charge on any atom is -0.314 e. The first-order valence-corrected chi connectivity index (χ1v) is 5.29. The summed E-state index contributed by atoms with van der Waals surface area (Å²) in [5, 5.41) is 6.96. The van der Waals surface area contributed by atoms with Gasteiger partial charge in [0.25, 0.3) is 0 Å². The van der Waals surface area contributed by atoms with E-state index in [2.05, 4.69) is 42.7 Å². The molecule has 3 heteroatoms. The van der Waals surface area contributed by atoms with Crippen LogP contribution < -0.4 is 10.6 Å². The summed E-state index contributed by atoms with van der Waals surface area (Å²) in [6.07, 6.45) is 0. The van der Waals surface area contributed by atoms with Crippen LogP contribution in [0.4, 0.5) is 0 Å². The predicted octanol–water partition coefficient (Wildman–Crippen LogP) is 1.96. The van der Waals surface area contributed by atoms with E-state index in [4.69, 9.17) is 0 Å². The number of nitrogens with one attached hydrogen (secondary N) is 2. The second kappa shape index (κ2) is 5.50. The van der Waals surface area contributed by atoms with Crippen molar-refractivity contribution in [3.05, 3.63) is 34.9 Å². The molecule has 0 aliphatic carbocycles. The minimum absolute atomic E-state index is 0. The highest BCUT2D eigenvalue weighted by molar-refractivity contribution is 5.85. The molecule has 1 aliphatic rings. The number of benzene rings is 1. The molecule has 15 heavy (non-hydrogen) atoms. The molecule has 1 fully saturated rings. The highest BCUT2D eigenvalue weighted by Crippen LogP contribution is 2.20. The van der Waals surface area contributed by atoms with Crippen LogP contribution in [0.5, 0.6) is 0 Å². The average Bonchev–Trinajstić information content (AvgIpc) is 2.23. The van der Waals surface area contributed by atoms with Gasteiger partial charge in [-0.3, -0.25) is 0 Å². The molecular formula is C12H19ClN2. The summed E-state index contributed by atoms with van der Waals surface area (Å²) < 4.78 is 0. The van der Waals surface area contributed by atoms with E-state index in [-0.39, 0.29) is 12.4 Å². The molecule has 1 atom stereocenters. The van der Waals surface area contributed by atoms with Gasteiger partial charge in [-0.05, 0) is 30.5 Å². The molecule has 2 N–H and O–H groups in total. The van der Waals surface area contributed by atoms with Gasteiger partial charge >= 0.3 is 0 Å². The molecule has 0 aromatic heterocycles. The molecular weight excluding hydrogens is 208 g/mol. The average molecular weight is 227 g/mol. The van der Waals surface area contributed by atoms with Gasteiger partial charge in [-0.1, -0.05) is 18.2 Å². The van der Waals surface area contributed by atoms with Gasteiger partial charge in [-0.2, -0.15) is 0 Å². The Bertz CT molecular complexity index is 319. The number of aryl methyl sites for hydroxylation is 1. The third-order valence-electron chi connectivity index (χ3n) is 3.06. The standard InChI is InChI=1S/C12H18N2.ClH/c1-9-4-3-5-11(10(9)2)12-8-13-6-7-14-12;/h3-5,12-14H,6-8H2,1-2H3;1H/t12-;/m0./s1. The molecule has 1 aliphatic heterocycles. The smallest absolute Gasteiger partial charge is 0.0449 e. The summed E-state index contributed by atoms with van der Waals surface area (Å²) in [5.41, 5.74) is 4.25. The molecule has 1 saturated heterocycles. The summed E-state index contributed by atoms with van der Waals surface area (Å²) in [4.78, 5) is 0.